The summed E-state index contributed by atoms with van der Waals surface area (Å²) in [5, 5.41) is 0. The lowest BCUT2D eigenvalue weighted by atomic mass is 9.87. The summed E-state index contributed by atoms with van der Waals surface area (Å²) in [7, 11) is 0. The van der Waals surface area contributed by atoms with Crippen LogP contribution in [0.2, 0.25) is 0 Å². The molecule has 1 aromatic carbocycles. The molecular formula is C28H42O6. The molecule has 2 fully saturated rings. The summed E-state index contributed by atoms with van der Waals surface area (Å²) in [5.74, 6) is -1.33. The standard InChI is InChI=1S/C28H42O6/c1-7-11-23-17-25(33-26(2,3)31-23)16-22(29)18-28(6)19-24(32-27(4,5)34-28)14-15-30-20-21-12-9-8-10-13-21/h7-10,12-13,23-25H,1,11,14-20H2,2-6H3/t23-,24-,25+,28+/m0/s1. The second-order valence-corrected chi connectivity index (χ2v) is 10.8. The van der Waals surface area contributed by atoms with Gasteiger partial charge in [0.2, 0.25) is 0 Å². The Kier molecular flexibility index (Phi) is 9.10. The van der Waals surface area contributed by atoms with Crippen molar-refractivity contribution >= 4 is 5.78 Å². The van der Waals surface area contributed by atoms with Crippen molar-refractivity contribution in [2.75, 3.05) is 6.61 Å². The Morgan fingerprint density at radius 3 is 2.41 bits per heavy atom. The van der Waals surface area contributed by atoms with Gasteiger partial charge in [-0.25, -0.2) is 0 Å². The molecule has 0 aliphatic carbocycles. The summed E-state index contributed by atoms with van der Waals surface area (Å²) in [4.78, 5) is 13.1. The molecule has 0 saturated carbocycles. The highest BCUT2D eigenvalue weighted by Gasteiger charge is 2.44. The van der Waals surface area contributed by atoms with Crippen LogP contribution in [0.25, 0.3) is 0 Å². The van der Waals surface area contributed by atoms with Crippen molar-refractivity contribution in [2.45, 2.75) is 115 Å². The van der Waals surface area contributed by atoms with E-state index in [2.05, 4.69) is 18.7 Å². The fourth-order valence-corrected chi connectivity index (χ4v) is 5.25. The van der Waals surface area contributed by atoms with Gasteiger partial charge < -0.3 is 23.7 Å². The fourth-order valence-electron chi connectivity index (χ4n) is 5.25. The SMILES string of the molecule is C=CC[C@H]1C[C@@H](CC(=O)C[C@]2(C)C[C@H](CCOCc3ccccc3)OC(C)(C)O2)OC(C)(C)O1. The number of carbonyl (C=O) groups is 1. The zero-order valence-corrected chi connectivity index (χ0v) is 21.5. The van der Waals surface area contributed by atoms with Crippen molar-refractivity contribution in [1.29, 1.82) is 0 Å². The van der Waals surface area contributed by atoms with Crippen molar-refractivity contribution in [3.8, 4) is 0 Å². The van der Waals surface area contributed by atoms with Crippen LogP contribution in [0.5, 0.6) is 0 Å². The zero-order valence-electron chi connectivity index (χ0n) is 21.5. The van der Waals surface area contributed by atoms with Gasteiger partial charge in [-0.05, 0) is 53.0 Å². The lowest BCUT2D eigenvalue weighted by Gasteiger charge is -2.47. The molecule has 3 rings (SSSR count). The van der Waals surface area contributed by atoms with E-state index in [0.717, 1.165) is 18.4 Å². The van der Waals surface area contributed by atoms with E-state index in [1.807, 2.05) is 58.9 Å². The zero-order chi connectivity index (χ0) is 24.8. The minimum Gasteiger partial charge on any atom is -0.377 e. The minimum atomic E-state index is -0.760. The molecule has 34 heavy (non-hydrogen) atoms. The van der Waals surface area contributed by atoms with Crippen LogP contribution in [-0.2, 0) is 35.1 Å². The molecular weight excluding hydrogens is 432 g/mol. The van der Waals surface area contributed by atoms with Crippen LogP contribution in [0.15, 0.2) is 43.0 Å². The molecule has 190 valence electrons. The molecule has 2 heterocycles. The van der Waals surface area contributed by atoms with Gasteiger partial charge in [0.25, 0.3) is 0 Å². The normalized spacial score (nSPS) is 30.6. The van der Waals surface area contributed by atoms with Gasteiger partial charge in [0.05, 0.1) is 30.5 Å². The molecule has 2 saturated heterocycles. The first-order valence-corrected chi connectivity index (χ1v) is 12.5. The molecule has 0 aromatic heterocycles. The molecule has 0 unspecified atom stereocenters. The largest absolute Gasteiger partial charge is 0.377 e. The van der Waals surface area contributed by atoms with Gasteiger partial charge >= 0.3 is 0 Å². The predicted molar refractivity (Wildman–Crippen MR) is 131 cm³/mol. The van der Waals surface area contributed by atoms with E-state index in [4.69, 9.17) is 23.7 Å². The van der Waals surface area contributed by atoms with Crippen molar-refractivity contribution in [3.05, 3.63) is 48.6 Å². The first kappa shape index (κ1) is 27.0. The Labute approximate surface area is 204 Å². The molecule has 0 radical (unpaired) electrons. The third-order valence-electron chi connectivity index (χ3n) is 6.18. The van der Waals surface area contributed by atoms with Gasteiger partial charge in [-0.1, -0.05) is 36.4 Å². The number of ether oxygens (including phenoxy) is 5. The van der Waals surface area contributed by atoms with Crippen LogP contribution in [0, 0.1) is 0 Å². The van der Waals surface area contributed by atoms with Gasteiger partial charge in [-0.15, -0.1) is 6.58 Å². The van der Waals surface area contributed by atoms with E-state index in [1.54, 1.807) is 0 Å². The first-order chi connectivity index (χ1) is 16.0. The number of hydrogen-bond donors (Lipinski definition) is 0. The summed E-state index contributed by atoms with van der Waals surface area (Å²) < 4.78 is 30.3. The van der Waals surface area contributed by atoms with Crippen LogP contribution < -0.4 is 0 Å². The second-order valence-electron chi connectivity index (χ2n) is 10.8. The van der Waals surface area contributed by atoms with E-state index in [9.17, 15) is 4.79 Å². The maximum absolute atomic E-state index is 13.1. The van der Waals surface area contributed by atoms with Crippen LogP contribution in [-0.4, -0.2) is 47.9 Å². The number of Topliss-reactive ketones (excluding diaryl/α,β-unsaturated/α-hetero) is 1. The molecule has 0 N–H and O–H groups in total. The Morgan fingerprint density at radius 1 is 1.03 bits per heavy atom. The fraction of sp³-hybridized carbons (Fsp3) is 0.679. The minimum absolute atomic E-state index is 0.0215. The topological polar surface area (TPSA) is 63.2 Å². The Morgan fingerprint density at radius 2 is 1.71 bits per heavy atom. The van der Waals surface area contributed by atoms with Crippen LogP contribution in [0.4, 0.5) is 0 Å². The summed E-state index contributed by atoms with van der Waals surface area (Å²) in [6.07, 6.45) is 5.20. The highest BCUT2D eigenvalue weighted by molar-refractivity contribution is 5.80. The monoisotopic (exact) mass is 474 g/mol. The number of hydrogen-bond acceptors (Lipinski definition) is 6. The number of rotatable bonds is 11. The maximum atomic E-state index is 13.1. The van der Waals surface area contributed by atoms with Gasteiger partial charge in [0, 0.05) is 32.3 Å². The average Bonchev–Trinajstić information content (AvgIpc) is 2.69. The summed E-state index contributed by atoms with van der Waals surface area (Å²) in [6, 6.07) is 10.1. The number of benzene rings is 1. The van der Waals surface area contributed by atoms with Crippen molar-refractivity contribution < 1.29 is 28.5 Å². The highest BCUT2D eigenvalue weighted by atomic mass is 16.7. The van der Waals surface area contributed by atoms with Crippen LogP contribution >= 0.6 is 0 Å². The average molecular weight is 475 g/mol. The molecule has 1 aromatic rings. The summed E-state index contributed by atoms with van der Waals surface area (Å²) in [6.45, 7) is 14.6. The predicted octanol–water partition coefficient (Wildman–Crippen LogP) is 5.73. The molecule has 4 atom stereocenters. The Bertz CT molecular complexity index is 804. The molecule has 2 aliphatic rings. The Balaban J connectivity index is 1.51. The third-order valence-corrected chi connectivity index (χ3v) is 6.18. The van der Waals surface area contributed by atoms with Crippen molar-refractivity contribution in [3.63, 3.8) is 0 Å². The molecule has 0 spiro atoms. The highest BCUT2D eigenvalue weighted by Crippen LogP contribution is 2.38. The Hall–Kier alpha value is -1.57. The van der Waals surface area contributed by atoms with E-state index < -0.39 is 17.2 Å². The third kappa shape index (κ3) is 8.58. The molecule has 0 bridgehead atoms. The number of ketones is 1. The molecule has 2 aliphatic heterocycles. The first-order valence-electron chi connectivity index (χ1n) is 12.5. The van der Waals surface area contributed by atoms with Crippen molar-refractivity contribution in [2.24, 2.45) is 0 Å². The van der Waals surface area contributed by atoms with Crippen LogP contribution in [0.1, 0.15) is 78.7 Å². The van der Waals surface area contributed by atoms with Gasteiger partial charge in [-0.3, -0.25) is 4.79 Å². The number of carbonyl (C=O) groups excluding carboxylic acids is 1. The van der Waals surface area contributed by atoms with Gasteiger partial charge in [-0.2, -0.15) is 0 Å². The quantitative estimate of drug-likeness (QED) is 0.301. The van der Waals surface area contributed by atoms with Crippen molar-refractivity contribution in [1.82, 2.24) is 0 Å². The van der Waals surface area contributed by atoms with E-state index in [1.165, 1.54) is 0 Å². The molecule has 6 heteroatoms. The lowest BCUT2D eigenvalue weighted by Crippen LogP contribution is -2.52. The van der Waals surface area contributed by atoms with E-state index in [0.29, 0.717) is 38.9 Å². The second kappa shape index (κ2) is 11.4. The smallest absolute Gasteiger partial charge is 0.163 e. The van der Waals surface area contributed by atoms with Crippen LogP contribution in [0.3, 0.4) is 0 Å². The maximum Gasteiger partial charge on any atom is 0.163 e. The molecule has 6 nitrogen and oxygen atoms in total. The van der Waals surface area contributed by atoms with E-state index in [-0.39, 0.29) is 24.1 Å². The van der Waals surface area contributed by atoms with Gasteiger partial charge in [0.15, 0.2) is 11.6 Å². The molecule has 0 amide bonds. The lowest BCUT2D eigenvalue weighted by molar-refractivity contribution is -0.330. The summed E-state index contributed by atoms with van der Waals surface area (Å²) >= 11 is 0. The summed E-state index contributed by atoms with van der Waals surface area (Å²) in [5.41, 5.74) is 0.560. The van der Waals surface area contributed by atoms with Gasteiger partial charge in [0.1, 0.15) is 5.78 Å². The van der Waals surface area contributed by atoms with E-state index >= 15 is 0 Å².